The maximum atomic E-state index is 12.1. The second kappa shape index (κ2) is 6.89. The molecule has 1 N–H and O–H groups in total. The molecule has 0 saturated carbocycles. The van der Waals surface area contributed by atoms with Gasteiger partial charge in [0.25, 0.3) is 0 Å². The number of carboxylic acid groups (broad SMARTS) is 1. The van der Waals surface area contributed by atoms with Crippen LogP contribution < -0.4 is 4.90 Å². The number of carboxylic acids is 1. The SMILES string of the molecule is CCOC(=O)C1CCCCN1c1nc(C(=O)O)ccc1C#N. The molecular weight excluding hydrogens is 286 g/mol. The standard InChI is InChI=1S/C15H17N3O4/c1-2-22-15(21)12-5-3-4-8-18(12)13-10(9-16)6-7-11(17-13)14(19)20/h6-7,12H,2-5,8H2,1H3,(H,19,20). The molecule has 116 valence electrons. The minimum absolute atomic E-state index is 0.151. The number of aromatic nitrogens is 1. The number of anilines is 1. The number of esters is 1. The predicted molar refractivity (Wildman–Crippen MR) is 77.5 cm³/mol. The molecule has 1 aromatic heterocycles. The zero-order chi connectivity index (χ0) is 16.1. The molecule has 1 aliphatic heterocycles. The molecule has 1 fully saturated rings. The van der Waals surface area contributed by atoms with Crippen molar-refractivity contribution in [3.63, 3.8) is 0 Å². The number of piperidine rings is 1. The molecule has 1 saturated heterocycles. The summed E-state index contributed by atoms with van der Waals surface area (Å²) in [4.78, 5) is 28.9. The highest BCUT2D eigenvalue weighted by molar-refractivity contribution is 5.87. The topological polar surface area (TPSA) is 104 Å². The number of aromatic carboxylic acids is 1. The molecule has 0 spiro atoms. The van der Waals surface area contributed by atoms with Gasteiger partial charge in [0.15, 0.2) is 5.69 Å². The van der Waals surface area contributed by atoms with Crippen molar-refractivity contribution < 1.29 is 19.4 Å². The van der Waals surface area contributed by atoms with Crippen molar-refractivity contribution in [1.29, 1.82) is 5.26 Å². The zero-order valence-electron chi connectivity index (χ0n) is 12.3. The number of pyridine rings is 1. The molecule has 2 rings (SSSR count). The van der Waals surface area contributed by atoms with Gasteiger partial charge in [-0.25, -0.2) is 14.6 Å². The third-order valence-electron chi connectivity index (χ3n) is 3.55. The van der Waals surface area contributed by atoms with Crippen molar-refractivity contribution in [1.82, 2.24) is 4.98 Å². The Labute approximate surface area is 128 Å². The molecule has 0 bridgehead atoms. The summed E-state index contributed by atoms with van der Waals surface area (Å²) in [6, 6.07) is 4.18. The molecule has 0 aromatic carbocycles. The van der Waals surface area contributed by atoms with E-state index in [2.05, 4.69) is 4.98 Å². The van der Waals surface area contributed by atoms with E-state index in [-0.39, 0.29) is 29.7 Å². The Balaban J connectivity index is 2.42. The molecule has 7 nitrogen and oxygen atoms in total. The maximum Gasteiger partial charge on any atom is 0.354 e. The van der Waals surface area contributed by atoms with Gasteiger partial charge < -0.3 is 14.7 Å². The first kappa shape index (κ1) is 15.8. The summed E-state index contributed by atoms with van der Waals surface area (Å²) in [5, 5.41) is 18.3. The van der Waals surface area contributed by atoms with Crippen LogP contribution in [0.5, 0.6) is 0 Å². The smallest absolute Gasteiger partial charge is 0.354 e. The number of rotatable bonds is 4. The van der Waals surface area contributed by atoms with Gasteiger partial charge in [-0.1, -0.05) is 0 Å². The minimum Gasteiger partial charge on any atom is -0.477 e. The second-order valence-corrected chi connectivity index (χ2v) is 4.94. The molecule has 1 unspecified atom stereocenters. The van der Waals surface area contributed by atoms with Crippen molar-refractivity contribution in [3.05, 3.63) is 23.4 Å². The van der Waals surface area contributed by atoms with Crippen LogP contribution in [-0.4, -0.2) is 41.2 Å². The molecule has 0 amide bonds. The predicted octanol–water partition coefficient (Wildman–Crippen LogP) is 1.57. The fourth-order valence-electron chi connectivity index (χ4n) is 2.54. The summed E-state index contributed by atoms with van der Waals surface area (Å²) in [5.41, 5.74) is 0.100. The van der Waals surface area contributed by atoms with E-state index >= 15 is 0 Å². The lowest BCUT2D eigenvalue weighted by Crippen LogP contribution is -2.46. The Hall–Kier alpha value is -2.62. The number of hydrogen-bond donors (Lipinski definition) is 1. The van der Waals surface area contributed by atoms with Crippen LogP contribution in [0.25, 0.3) is 0 Å². The number of carbonyl (C=O) groups is 2. The van der Waals surface area contributed by atoms with E-state index in [0.717, 1.165) is 12.8 Å². The van der Waals surface area contributed by atoms with Gasteiger partial charge in [0.1, 0.15) is 17.9 Å². The fourth-order valence-corrected chi connectivity index (χ4v) is 2.54. The van der Waals surface area contributed by atoms with E-state index in [1.165, 1.54) is 12.1 Å². The largest absolute Gasteiger partial charge is 0.477 e. The molecule has 2 heterocycles. The van der Waals surface area contributed by atoms with Crippen LogP contribution in [0, 0.1) is 11.3 Å². The van der Waals surface area contributed by atoms with E-state index in [4.69, 9.17) is 9.84 Å². The average Bonchev–Trinajstić information content (AvgIpc) is 2.54. The summed E-state index contributed by atoms with van der Waals surface area (Å²) in [7, 11) is 0. The Kier molecular flexibility index (Phi) is 4.94. The first-order chi connectivity index (χ1) is 10.6. The minimum atomic E-state index is -1.17. The van der Waals surface area contributed by atoms with Crippen LogP contribution in [0.3, 0.4) is 0 Å². The lowest BCUT2D eigenvalue weighted by Gasteiger charge is -2.35. The van der Waals surface area contributed by atoms with Gasteiger partial charge in [-0.15, -0.1) is 0 Å². The Morgan fingerprint density at radius 3 is 2.91 bits per heavy atom. The van der Waals surface area contributed by atoms with Crippen molar-refractivity contribution in [2.45, 2.75) is 32.2 Å². The van der Waals surface area contributed by atoms with E-state index in [1.807, 2.05) is 6.07 Å². The highest BCUT2D eigenvalue weighted by Gasteiger charge is 2.32. The molecular formula is C15H17N3O4. The third-order valence-corrected chi connectivity index (χ3v) is 3.55. The molecule has 1 atom stereocenters. The number of nitrogens with zero attached hydrogens (tertiary/aromatic N) is 3. The van der Waals surface area contributed by atoms with E-state index in [9.17, 15) is 14.9 Å². The summed E-state index contributed by atoms with van der Waals surface area (Å²) in [6.45, 7) is 2.54. The van der Waals surface area contributed by atoms with Crippen LogP contribution in [-0.2, 0) is 9.53 Å². The summed E-state index contributed by atoms with van der Waals surface area (Å²) in [5.74, 6) is -1.30. The van der Waals surface area contributed by atoms with Crippen molar-refractivity contribution >= 4 is 17.8 Å². The number of carbonyl (C=O) groups excluding carboxylic acids is 1. The van der Waals surface area contributed by atoms with Gasteiger partial charge in [0.05, 0.1) is 12.2 Å². The third kappa shape index (κ3) is 3.17. The number of hydrogen-bond acceptors (Lipinski definition) is 6. The average molecular weight is 303 g/mol. The van der Waals surface area contributed by atoms with Crippen LogP contribution >= 0.6 is 0 Å². The van der Waals surface area contributed by atoms with E-state index < -0.39 is 12.0 Å². The van der Waals surface area contributed by atoms with Crippen LogP contribution in [0.4, 0.5) is 5.82 Å². The van der Waals surface area contributed by atoms with Gasteiger partial charge in [-0.05, 0) is 38.3 Å². The first-order valence-corrected chi connectivity index (χ1v) is 7.16. The monoisotopic (exact) mass is 303 g/mol. The molecule has 22 heavy (non-hydrogen) atoms. The van der Waals surface area contributed by atoms with Crippen LogP contribution in [0.2, 0.25) is 0 Å². The Bertz CT molecular complexity index is 624. The maximum absolute atomic E-state index is 12.1. The molecule has 1 aliphatic rings. The van der Waals surface area contributed by atoms with Gasteiger partial charge >= 0.3 is 11.9 Å². The van der Waals surface area contributed by atoms with Gasteiger partial charge in [-0.3, -0.25) is 0 Å². The molecule has 7 heteroatoms. The Morgan fingerprint density at radius 1 is 1.50 bits per heavy atom. The van der Waals surface area contributed by atoms with Gasteiger partial charge in [0, 0.05) is 6.54 Å². The molecule has 1 aromatic rings. The molecule has 0 radical (unpaired) electrons. The zero-order valence-corrected chi connectivity index (χ0v) is 12.3. The summed E-state index contributed by atoms with van der Waals surface area (Å²) in [6.07, 6.45) is 2.32. The number of nitriles is 1. The van der Waals surface area contributed by atoms with E-state index in [1.54, 1.807) is 11.8 Å². The quantitative estimate of drug-likeness (QED) is 0.842. The first-order valence-electron chi connectivity index (χ1n) is 7.16. The Morgan fingerprint density at radius 2 is 2.27 bits per heavy atom. The lowest BCUT2D eigenvalue weighted by molar-refractivity contribution is -0.145. The second-order valence-electron chi connectivity index (χ2n) is 4.94. The highest BCUT2D eigenvalue weighted by atomic mass is 16.5. The van der Waals surface area contributed by atoms with Gasteiger partial charge in [0.2, 0.25) is 0 Å². The van der Waals surface area contributed by atoms with Crippen molar-refractivity contribution in [3.8, 4) is 6.07 Å². The van der Waals surface area contributed by atoms with Crippen LogP contribution in [0.15, 0.2) is 12.1 Å². The van der Waals surface area contributed by atoms with E-state index in [0.29, 0.717) is 13.0 Å². The fraction of sp³-hybridized carbons (Fsp3) is 0.467. The lowest BCUT2D eigenvalue weighted by atomic mass is 10.0. The number of ether oxygens (including phenoxy) is 1. The summed E-state index contributed by atoms with van der Waals surface area (Å²) < 4.78 is 5.08. The highest BCUT2D eigenvalue weighted by Crippen LogP contribution is 2.27. The summed E-state index contributed by atoms with van der Waals surface area (Å²) >= 11 is 0. The normalized spacial score (nSPS) is 17.6. The van der Waals surface area contributed by atoms with Crippen LogP contribution in [0.1, 0.15) is 42.2 Å². The van der Waals surface area contributed by atoms with Gasteiger partial charge in [-0.2, -0.15) is 5.26 Å². The molecule has 0 aliphatic carbocycles. The van der Waals surface area contributed by atoms with Crippen molar-refractivity contribution in [2.24, 2.45) is 0 Å². The van der Waals surface area contributed by atoms with Crippen molar-refractivity contribution in [2.75, 3.05) is 18.1 Å².